The molecule has 0 atom stereocenters. The number of aromatic nitrogens is 1. The fourth-order valence-electron chi connectivity index (χ4n) is 1.54. The Labute approximate surface area is 115 Å². The molecule has 0 aliphatic heterocycles. The summed E-state index contributed by atoms with van der Waals surface area (Å²) in [6.45, 7) is -0.468. The second-order valence-electron chi connectivity index (χ2n) is 3.80. The third kappa shape index (κ3) is 4.81. The maximum Gasteiger partial charge on any atom is 0.574 e. The molecule has 10 heteroatoms. The number of alkyl halides is 5. The number of ether oxygens (including phenoxy) is 2. The number of hydrogen-bond donors (Lipinski definition) is 1. The third-order valence-electron chi connectivity index (χ3n) is 2.37. The first kappa shape index (κ1) is 17.1. The molecule has 1 aromatic heterocycles. The van der Waals surface area contributed by atoms with Crippen LogP contribution in [0.1, 0.15) is 23.2 Å². The predicted octanol–water partition coefficient (Wildman–Crippen LogP) is 2.09. The molecule has 0 amide bonds. The summed E-state index contributed by atoms with van der Waals surface area (Å²) in [5, 5.41) is 0. The molecule has 2 N–H and O–H groups in total. The minimum absolute atomic E-state index is 0.217. The van der Waals surface area contributed by atoms with Crippen LogP contribution in [-0.4, -0.2) is 24.4 Å². The van der Waals surface area contributed by atoms with Gasteiger partial charge in [-0.15, -0.1) is 13.2 Å². The first-order valence-corrected chi connectivity index (χ1v) is 5.51. The van der Waals surface area contributed by atoms with Crippen molar-refractivity contribution < 1.29 is 36.2 Å². The second kappa shape index (κ2) is 6.66. The SMILES string of the molecule is COC(=O)Cc1cc(CN)c(C(F)F)c(OC(F)(F)F)n1. The van der Waals surface area contributed by atoms with E-state index in [-0.39, 0.29) is 11.3 Å². The van der Waals surface area contributed by atoms with E-state index in [2.05, 4.69) is 14.5 Å². The van der Waals surface area contributed by atoms with E-state index in [9.17, 15) is 26.7 Å². The summed E-state index contributed by atoms with van der Waals surface area (Å²) < 4.78 is 70.3. The van der Waals surface area contributed by atoms with Crippen LogP contribution in [0.25, 0.3) is 0 Å². The third-order valence-corrected chi connectivity index (χ3v) is 2.37. The number of methoxy groups -OCH3 is 1. The lowest BCUT2D eigenvalue weighted by Gasteiger charge is -2.16. The summed E-state index contributed by atoms with van der Waals surface area (Å²) in [4.78, 5) is 14.4. The van der Waals surface area contributed by atoms with E-state index in [1.807, 2.05) is 0 Å². The van der Waals surface area contributed by atoms with Gasteiger partial charge in [0.05, 0.1) is 24.8 Å². The summed E-state index contributed by atoms with van der Waals surface area (Å²) >= 11 is 0. The van der Waals surface area contributed by atoms with Crippen molar-refractivity contribution in [2.75, 3.05) is 7.11 Å². The fourth-order valence-corrected chi connectivity index (χ4v) is 1.54. The minimum atomic E-state index is -5.20. The number of hydrogen-bond acceptors (Lipinski definition) is 5. The van der Waals surface area contributed by atoms with E-state index in [4.69, 9.17) is 5.73 Å². The zero-order valence-corrected chi connectivity index (χ0v) is 10.7. The smallest absolute Gasteiger partial charge is 0.469 e. The Hall–Kier alpha value is -1.97. The van der Waals surface area contributed by atoms with Crippen LogP contribution in [0.3, 0.4) is 0 Å². The van der Waals surface area contributed by atoms with Crippen molar-refractivity contribution in [3.63, 3.8) is 0 Å². The Morgan fingerprint density at radius 1 is 1.43 bits per heavy atom. The van der Waals surface area contributed by atoms with Crippen molar-refractivity contribution in [3.8, 4) is 5.88 Å². The number of carbonyl (C=O) groups is 1. The lowest BCUT2D eigenvalue weighted by atomic mass is 10.1. The lowest BCUT2D eigenvalue weighted by Crippen LogP contribution is -2.21. The van der Waals surface area contributed by atoms with E-state index in [1.54, 1.807) is 0 Å². The molecule has 1 rings (SSSR count). The predicted molar refractivity (Wildman–Crippen MR) is 59.5 cm³/mol. The summed E-state index contributed by atoms with van der Waals surface area (Å²) in [5.74, 6) is -2.12. The molecule has 21 heavy (non-hydrogen) atoms. The van der Waals surface area contributed by atoms with Gasteiger partial charge in [-0.2, -0.15) is 0 Å². The molecule has 0 saturated heterocycles. The molecule has 0 radical (unpaired) electrons. The zero-order valence-electron chi connectivity index (χ0n) is 10.7. The van der Waals surface area contributed by atoms with Gasteiger partial charge in [0.25, 0.3) is 6.43 Å². The maximum atomic E-state index is 12.9. The van der Waals surface area contributed by atoms with Gasteiger partial charge in [0, 0.05) is 6.54 Å². The Kier molecular flexibility index (Phi) is 5.41. The molecular weight excluding hydrogens is 303 g/mol. The van der Waals surface area contributed by atoms with E-state index in [0.29, 0.717) is 0 Å². The molecule has 0 bridgehead atoms. The molecule has 0 spiro atoms. The van der Waals surface area contributed by atoms with Gasteiger partial charge >= 0.3 is 12.3 Å². The van der Waals surface area contributed by atoms with Gasteiger partial charge in [-0.25, -0.2) is 13.8 Å². The first-order valence-electron chi connectivity index (χ1n) is 5.51. The zero-order chi connectivity index (χ0) is 16.2. The molecule has 118 valence electrons. The average molecular weight is 314 g/mol. The highest BCUT2D eigenvalue weighted by molar-refractivity contribution is 5.72. The average Bonchev–Trinajstić information content (AvgIpc) is 2.35. The van der Waals surface area contributed by atoms with Crippen LogP contribution in [0.5, 0.6) is 5.88 Å². The Bertz CT molecular complexity index is 519. The molecule has 0 aliphatic carbocycles. The largest absolute Gasteiger partial charge is 0.574 e. The number of nitrogens with zero attached hydrogens (tertiary/aromatic N) is 1. The number of carbonyl (C=O) groups excluding carboxylic acids is 1. The summed E-state index contributed by atoms with van der Waals surface area (Å²) in [6.07, 6.45) is -8.96. The van der Waals surface area contributed by atoms with Crippen molar-refractivity contribution in [3.05, 3.63) is 22.9 Å². The maximum absolute atomic E-state index is 12.9. The molecule has 0 aromatic carbocycles. The van der Waals surface area contributed by atoms with Crippen molar-refractivity contribution in [2.45, 2.75) is 25.8 Å². The molecule has 0 aliphatic rings. The molecule has 1 heterocycles. The van der Waals surface area contributed by atoms with Crippen LogP contribution in [0.15, 0.2) is 6.07 Å². The van der Waals surface area contributed by atoms with Crippen LogP contribution in [0, 0.1) is 0 Å². The standard InChI is InChI=1S/C11H11F5N2O3/c1-20-7(19)3-6-2-5(4-17)8(9(12)13)10(18-6)21-11(14,15)16/h2,9H,3-4,17H2,1H3. The molecule has 0 fully saturated rings. The Balaban J connectivity index is 3.33. The van der Waals surface area contributed by atoms with Crippen molar-refractivity contribution in [2.24, 2.45) is 5.73 Å². The number of halogens is 5. The number of esters is 1. The number of nitrogens with two attached hydrogens (primary N) is 1. The van der Waals surface area contributed by atoms with Gasteiger partial charge in [-0.3, -0.25) is 4.79 Å². The summed E-state index contributed by atoms with van der Waals surface area (Å²) in [7, 11) is 1.06. The minimum Gasteiger partial charge on any atom is -0.469 e. The highest BCUT2D eigenvalue weighted by Gasteiger charge is 2.35. The number of rotatable bonds is 5. The van der Waals surface area contributed by atoms with E-state index in [1.165, 1.54) is 0 Å². The van der Waals surface area contributed by atoms with E-state index >= 15 is 0 Å². The van der Waals surface area contributed by atoms with Crippen LogP contribution in [0.2, 0.25) is 0 Å². The van der Waals surface area contributed by atoms with Crippen molar-refractivity contribution in [1.82, 2.24) is 4.98 Å². The summed E-state index contributed by atoms with van der Waals surface area (Å²) in [5.41, 5.74) is 3.68. The highest BCUT2D eigenvalue weighted by atomic mass is 19.4. The Morgan fingerprint density at radius 3 is 2.48 bits per heavy atom. The second-order valence-corrected chi connectivity index (χ2v) is 3.80. The van der Waals surface area contributed by atoms with Gasteiger partial charge in [0.2, 0.25) is 5.88 Å². The highest BCUT2D eigenvalue weighted by Crippen LogP contribution is 2.34. The van der Waals surface area contributed by atoms with Gasteiger partial charge in [0.1, 0.15) is 0 Å². The molecular formula is C11H11F5N2O3. The Morgan fingerprint density at radius 2 is 2.05 bits per heavy atom. The van der Waals surface area contributed by atoms with E-state index in [0.717, 1.165) is 13.2 Å². The van der Waals surface area contributed by atoms with Crippen LogP contribution >= 0.6 is 0 Å². The topological polar surface area (TPSA) is 74.4 Å². The monoisotopic (exact) mass is 314 g/mol. The van der Waals surface area contributed by atoms with Gasteiger partial charge in [-0.1, -0.05) is 0 Å². The van der Waals surface area contributed by atoms with Gasteiger partial charge in [-0.05, 0) is 11.6 Å². The normalized spacial score (nSPS) is 11.6. The van der Waals surface area contributed by atoms with Crippen LogP contribution in [-0.2, 0) is 22.5 Å². The fraction of sp³-hybridized carbons (Fsp3) is 0.455. The van der Waals surface area contributed by atoms with Gasteiger partial charge < -0.3 is 15.2 Å². The van der Waals surface area contributed by atoms with Crippen molar-refractivity contribution >= 4 is 5.97 Å². The van der Waals surface area contributed by atoms with E-state index < -0.39 is 43.2 Å². The lowest BCUT2D eigenvalue weighted by molar-refractivity contribution is -0.276. The molecule has 1 aromatic rings. The number of pyridine rings is 1. The van der Waals surface area contributed by atoms with Gasteiger partial charge in [0.15, 0.2) is 0 Å². The molecule has 0 unspecified atom stereocenters. The first-order chi connectivity index (χ1) is 9.67. The van der Waals surface area contributed by atoms with Crippen LogP contribution in [0.4, 0.5) is 22.0 Å². The van der Waals surface area contributed by atoms with Crippen LogP contribution < -0.4 is 10.5 Å². The summed E-state index contributed by atoms with van der Waals surface area (Å²) in [6, 6.07) is 1.02. The van der Waals surface area contributed by atoms with Crippen molar-refractivity contribution in [1.29, 1.82) is 0 Å². The molecule has 0 saturated carbocycles. The molecule has 5 nitrogen and oxygen atoms in total. The quantitative estimate of drug-likeness (QED) is 0.665.